The Hall–Kier alpha value is -3.29. The van der Waals surface area contributed by atoms with Gasteiger partial charge in [-0.25, -0.2) is 0 Å². The number of amides is 2. The van der Waals surface area contributed by atoms with E-state index < -0.39 is 18.6 Å². The number of halogens is 3. The van der Waals surface area contributed by atoms with Crippen LogP contribution in [0.5, 0.6) is 5.75 Å². The predicted molar refractivity (Wildman–Crippen MR) is 103 cm³/mol. The van der Waals surface area contributed by atoms with E-state index in [4.69, 9.17) is 4.74 Å². The lowest BCUT2D eigenvalue weighted by atomic mass is 10.1. The summed E-state index contributed by atoms with van der Waals surface area (Å²) in [5, 5.41) is 2.49. The molecule has 8 heteroatoms. The Morgan fingerprint density at radius 1 is 1.07 bits per heavy atom. The molecular formula is C21H21F3N2O3. The molecule has 0 aliphatic heterocycles. The minimum atomic E-state index is -4.52. The molecule has 2 amide bonds. The van der Waals surface area contributed by atoms with Gasteiger partial charge in [-0.1, -0.05) is 24.3 Å². The van der Waals surface area contributed by atoms with E-state index in [1.807, 2.05) is 0 Å². The first-order chi connectivity index (χ1) is 13.7. The van der Waals surface area contributed by atoms with Crippen molar-refractivity contribution in [2.45, 2.75) is 12.7 Å². The van der Waals surface area contributed by atoms with Crippen LogP contribution in [0.4, 0.5) is 13.2 Å². The number of rotatable bonds is 7. The van der Waals surface area contributed by atoms with Crippen molar-refractivity contribution < 1.29 is 27.5 Å². The summed E-state index contributed by atoms with van der Waals surface area (Å²) >= 11 is 0. The zero-order chi connectivity index (χ0) is 21.4. The lowest BCUT2D eigenvalue weighted by Crippen LogP contribution is -2.37. The highest BCUT2D eigenvalue weighted by molar-refractivity contribution is 5.94. The fraction of sp³-hybridized carbons (Fsp3) is 0.238. The average Bonchev–Trinajstić information content (AvgIpc) is 2.71. The third-order valence-corrected chi connectivity index (χ3v) is 4.03. The number of nitrogens with zero attached hydrogens (tertiary/aromatic N) is 1. The van der Waals surface area contributed by atoms with Gasteiger partial charge in [0.2, 0.25) is 5.91 Å². The van der Waals surface area contributed by atoms with Gasteiger partial charge in [0.25, 0.3) is 5.91 Å². The molecule has 0 heterocycles. The summed E-state index contributed by atoms with van der Waals surface area (Å²) in [7, 11) is 2.99. The molecule has 0 saturated carbocycles. The minimum absolute atomic E-state index is 0.192. The normalized spacial score (nSPS) is 11.3. The zero-order valence-electron chi connectivity index (χ0n) is 16.0. The van der Waals surface area contributed by atoms with Gasteiger partial charge in [0.05, 0.1) is 7.11 Å². The van der Waals surface area contributed by atoms with Crippen LogP contribution in [0.1, 0.15) is 21.5 Å². The van der Waals surface area contributed by atoms with Gasteiger partial charge < -0.3 is 15.0 Å². The van der Waals surface area contributed by atoms with E-state index in [0.29, 0.717) is 22.4 Å². The third kappa shape index (κ3) is 6.99. The van der Waals surface area contributed by atoms with Crippen LogP contribution in [-0.2, 0) is 11.3 Å². The first kappa shape index (κ1) is 22.0. The molecule has 0 aliphatic carbocycles. The summed E-state index contributed by atoms with van der Waals surface area (Å²) in [6.07, 6.45) is -2.03. The monoisotopic (exact) mass is 406 g/mol. The molecule has 0 atom stereocenters. The van der Waals surface area contributed by atoms with Gasteiger partial charge in [0.15, 0.2) is 0 Å². The number of alkyl halides is 3. The highest BCUT2D eigenvalue weighted by Gasteiger charge is 2.32. The summed E-state index contributed by atoms with van der Waals surface area (Å²) < 4.78 is 43.8. The summed E-state index contributed by atoms with van der Waals surface area (Å²) in [5.41, 5.74) is 1.57. The van der Waals surface area contributed by atoms with Gasteiger partial charge in [-0.2, -0.15) is 13.2 Å². The molecule has 154 valence electrons. The number of benzene rings is 2. The van der Waals surface area contributed by atoms with E-state index in [9.17, 15) is 22.8 Å². The first-order valence-electron chi connectivity index (χ1n) is 8.70. The maximum atomic E-state index is 12.9. The van der Waals surface area contributed by atoms with Crippen molar-refractivity contribution in [2.75, 3.05) is 20.7 Å². The van der Waals surface area contributed by atoms with Crippen LogP contribution in [0.3, 0.4) is 0 Å². The third-order valence-electron chi connectivity index (χ3n) is 4.03. The molecule has 29 heavy (non-hydrogen) atoms. The van der Waals surface area contributed by atoms with Crippen molar-refractivity contribution in [1.29, 1.82) is 0 Å². The Kier molecular flexibility index (Phi) is 7.41. The summed E-state index contributed by atoms with van der Waals surface area (Å²) in [6, 6.07) is 12.8. The van der Waals surface area contributed by atoms with E-state index in [1.54, 1.807) is 48.5 Å². The zero-order valence-corrected chi connectivity index (χ0v) is 16.0. The number of hydrogen-bond acceptors (Lipinski definition) is 3. The summed E-state index contributed by atoms with van der Waals surface area (Å²) in [5.74, 6) is -0.455. The second-order valence-electron chi connectivity index (χ2n) is 6.19. The highest BCUT2D eigenvalue weighted by Crippen LogP contribution is 2.20. The second kappa shape index (κ2) is 9.77. The number of carbonyl (C=O) groups excluding carboxylic acids is 2. The number of hydrogen-bond donors (Lipinski definition) is 1. The van der Waals surface area contributed by atoms with Crippen LogP contribution in [0.2, 0.25) is 0 Å². The molecule has 0 aliphatic rings. The van der Waals surface area contributed by atoms with Crippen molar-refractivity contribution in [2.24, 2.45) is 0 Å². The van der Waals surface area contributed by atoms with Gasteiger partial charge in [-0.3, -0.25) is 9.59 Å². The average molecular weight is 406 g/mol. The number of carbonyl (C=O) groups is 2. The summed E-state index contributed by atoms with van der Waals surface area (Å²) in [6.45, 7) is -1.56. The Morgan fingerprint density at radius 3 is 2.21 bits per heavy atom. The Bertz CT molecular complexity index is 860. The molecule has 0 fully saturated rings. The van der Waals surface area contributed by atoms with E-state index >= 15 is 0 Å². The molecule has 0 saturated heterocycles. The van der Waals surface area contributed by atoms with E-state index in [-0.39, 0.29) is 12.5 Å². The molecule has 0 aromatic heterocycles. The second-order valence-corrected chi connectivity index (χ2v) is 6.19. The molecule has 0 bridgehead atoms. The number of methoxy groups -OCH3 is 1. The van der Waals surface area contributed by atoms with Crippen molar-refractivity contribution in [1.82, 2.24) is 10.2 Å². The minimum Gasteiger partial charge on any atom is -0.497 e. The van der Waals surface area contributed by atoms with E-state index in [2.05, 4.69) is 5.32 Å². The van der Waals surface area contributed by atoms with Crippen molar-refractivity contribution in [3.8, 4) is 5.75 Å². The quantitative estimate of drug-likeness (QED) is 0.714. The van der Waals surface area contributed by atoms with Crippen LogP contribution in [0.25, 0.3) is 6.08 Å². The fourth-order valence-electron chi connectivity index (χ4n) is 2.54. The van der Waals surface area contributed by atoms with Crippen molar-refractivity contribution in [3.63, 3.8) is 0 Å². The van der Waals surface area contributed by atoms with Gasteiger partial charge in [-0.15, -0.1) is 0 Å². The van der Waals surface area contributed by atoms with Crippen LogP contribution >= 0.6 is 0 Å². The first-order valence-corrected chi connectivity index (χ1v) is 8.70. The molecule has 1 N–H and O–H groups in total. The Morgan fingerprint density at radius 2 is 1.69 bits per heavy atom. The number of nitrogens with one attached hydrogen (secondary N) is 1. The SMILES string of the molecule is CNC(=O)c1ccc(C=CC(=O)N(Cc2ccc(OC)cc2)CC(F)(F)F)cc1. The Balaban J connectivity index is 2.13. The van der Waals surface area contributed by atoms with E-state index in [1.165, 1.54) is 20.2 Å². The largest absolute Gasteiger partial charge is 0.497 e. The molecule has 2 aromatic rings. The summed E-state index contributed by atoms with van der Waals surface area (Å²) in [4.78, 5) is 24.6. The van der Waals surface area contributed by atoms with Gasteiger partial charge in [-0.05, 0) is 41.5 Å². The maximum absolute atomic E-state index is 12.9. The molecule has 0 spiro atoms. The fourth-order valence-corrected chi connectivity index (χ4v) is 2.54. The standard InChI is InChI=1S/C21H21F3N2O3/c1-25-20(28)17-8-3-15(4-9-17)7-12-19(27)26(14-21(22,23)24)13-16-5-10-18(29-2)11-6-16/h3-12H,13-14H2,1-2H3,(H,25,28). The molecule has 5 nitrogen and oxygen atoms in total. The molecule has 0 radical (unpaired) electrons. The van der Waals surface area contributed by atoms with Crippen LogP contribution in [0.15, 0.2) is 54.6 Å². The maximum Gasteiger partial charge on any atom is 0.406 e. The van der Waals surface area contributed by atoms with E-state index in [0.717, 1.165) is 11.0 Å². The smallest absolute Gasteiger partial charge is 0.406 e. The van der Waals surface area contributed by atoms with Crippen LogP contribution in [-0.4, -0.2) is 43.6 Å². The number of ether oxygens (including phenoxy) is 1. The molecule has 0 unspecified atom stereocenters. The van der Waals surface area contributed by atoms with Gasteiger partial charge >= 0.3 is 6.18 Å². The molecular weight excluding hydrogens is 385 g/mol. The van der Waals surface area contributed by atoms with Gasteiger partial charge in [0.1, 0.15) is 12.3 Å². The highest BCUT2D eigenvalue weighted by atomic mass is 19.4. The molecule has 2 rings (SSSR count). The predicted octanol–water partition coefficient (Wildman–Crippen LogP) is 3.66. The van der Waals surface area contributed by atoms with Crippen LogP contribution < -0.4 is 10.1 Å². The topological polar surface area (TPSA) is 58.6 Å². The van der Waals surface area contributed by atoms with Gasteiger partial charge in [0, 0.05) is 25.2 Å². The van der Waals surface area contributed by atoms with Crippen LogP contribution in [0, 0.1) is 0 Å². The van der Waals surface area contributed by atoms with Crippen molar-refractivity contribution >= 4 is 17.9 Å². The lowest BCUT2D eigenvalue weighted by Gasteiger charge is -2.23. The lowest BCUT2D eigenvalue weighted by molar-refractivity contribution is -0.159. The Labute approximate surface area is 166 Å². The molecule has 2 aromatic carbocycles. The van der Waals surface area contributed by atoms with Crippen molar-refractivity contribution in [3.05, 3.63) is 71.3 Å².